The molecule has 0 unspecified atom stereocenters. The van der Waals surface area contributed by atoms with Crippen LogP contribution in [-0.4, -0.2) is 29.2 Å². The van der Waals surface area contributed by atoms with Crippen LogP contribution < -0.4 is 10.6 Å². The number of nitrogens with one attached hydrogen (secondary N) is 2. The van der Waals surface area contributed by atoms with Crippen molar-refractivity contribution in [3.63, 3.8) is 0 Å². The summed E-state index contributed by atoms with van der Waals surface area (Å²) in [6, 6.07) is 7.62. The quantitative estimate of drug-likeness (QED) is 0.910. The van der Waals surface area contributed by atoms with Crippen LogP contribution in [0.3, 0.4) is 0 Å². The summed E-state index contributed by atoms with van der Waals surface area (Å²) in [6.07, 6.45) is 1.86. The molecule has 2 aromatic rings. The Balaban J connectivity index is 2.14. The highest BCUT2D eigenvalue weighted by Gasteiger charge is 2.16. The van der Waals surface area contributed by atoms with Crippen LogP contribution in [0.4, 0.5) is 10.5 Å². The topological polar surface area (TPSA) is 72.4 Å². The number of aryl methyl sites for hydroxylation is 1. The molecular formula is C17H23N3O3. The van der Waals surface area contributed by atoms with E-state index in [-0.39, 0.29) is 5.91 Å². The van der Waals surface area contributed by atoms with Crippen molar-refractivity contribution in [2.45, 2.75) is 39.3 Å². The number of aromatic nitrogens is 1. The Labute approximate surface area is 135 Å². The third-order valence-electron chi connectivity index (χ3n) is 3.28. The summed E-state index contributed by atoms with van der Waals surface area (Å²) >= 11 is 0. The van der Waals surface area contributed by atoms with Crippen LogP contribution in [0.1, 0.15) is 27.2 Å². The van der Waals surface area contributed by atoms with Gasteiger partial charge in [-0.3, -0.25) is 10.1 Å². The molecule has 0 bridgehead atoms. The number of rotatable bonds is 4. The minimum Gasteiger partial charge on any atom is -0.444 e. The summed E-state index contributed by atoms with van der Waals surface area (Å²) in [7, 11) is 1.62. The number of fused-ring (bicyclic) bond motifs is 1. The van der Waals surface area contributed by atoms with Gasteiger partial charge in [0.15, 0.2) is 0 Å². The van der Waals surface area contributed by atoms with E-state index in [1.54, 1.807) is 7.05 Å². The third kappa shape index (κ3) is 4.74. The van der Waals surface area contributed by atoms with Gasteiger partial charge in [0.25, 0.3) is 0 Å². The van der Waals surface area contributed by atoms with Crippen molar-refractivity contribution in [3.05, 3.63) is 30.5 Å². The first-order chi connectivity index (χ1) is 10.8. The Morgan fingerprint density at radius 2 is 1.96 bits per heavy atom. The van der Waals surface area contributed by atoms with Gasteiger partial charge in [-0.2, -0.15) is 0 Å². The number of benzene rings is 1. The van der Waals surface area contributed by atoms with Crippen molar-refractivity contribution in [3.8, 4) is 0 Å². The molecule has 6 heteroatoms. The molecule has 0 aliphatic heterocycles. The average molecular weight is 317 g/mol. The Hall–Kier alpha value is -2.50. The van der Waals surface area contributed by atoms with Crippen molar-refractivity contribution >= 4 is 28.6 Å². The van der Waals surface area contributed by atoms with Gasteiger partial charge in [0.1, 0.15) is 5.60 Å². The number of carbonyl (C=O) groups excluding carboxylic acids is 2. The molecule has 0 radical (unpaired) electrons. The number of amides is 2. The van der Waals surface area contributed by atoms with Crippen LogP contribution >= 0.6 is 0 Å². The van der Waals surface area contributed by atoms with E-state index < -0.39 is 11.7 Å². The molecule has 0 saturated heterocycles. The molecule has 2 rings (SSSR count). The first-order valence-corrected chi connectivity index (χ1v) is 7.58. The van der Waals surface area contributed by atoms with Crippen molar-refractivity contribution in [1.29, 1.82) is 0 Å². The fraction of sp³-hybridized carbons (Fsp3) is 0.412. The van der Waals surface area contributed by atoms with Crippen LogP contribution in [0.25, 0.3) is 10.9 Å². The molecule has 1 heterocycles. The van der Waals surface area contributed by atoms with Crippen LogP contribution in [0, 0.1) is 0 Å². The van der Waals surface area contributed by atoms with E-state index >= 15 is 0 Å². The molecule has 0 aliphatic rings. The Bertz CT molecular complexity index is 713. The predicted octanol–water partition coefficient (Wildman–Crippen LogP) is 3.12. The molecule has 6 nitrogen and oxygen atoms in total. The smallest absolute Gasteiger partial charge is 0.412 e. The number of anilines is 1. The van der Waals surface area contributed by atoms with Gasteiger partial charge < -0.3 is 14.6 Å². The monoisotopic (exact) mass is 317 g/mol. The standard InChI is InChI=1S/C17H23N3O3/c1-17(2,3)23-16(22)19-13-6-5-12-7-9-20(14(12)11-13)10-8-15(21)18-4/h5-7,9,11H,8,10H2,1-4H3,(H,18,21)(H,19,22). The van der Waals surface area contributed by atoms with Gasteiger partial charge in [0.05, 0.1) is 5.52 Å². The lowest BCUT2D eigenvalue weighted by molar-refractivity contribution is -0.120. The van der Waals surface area contributed by atoms with E-state index in [0.29, 0.717) is 18.7 Å². The maximum Gasteiger partial charge on any atom is 0.412 e. The zero-order valence-electron chi connectivity index (χ0n) is 14.0. The van der Waals surface area contributed by atoms with Gasteiger partial charge in [-0.1, -0.05) is 6.07 Å². The Kier molecular flexibility index (Phi) is 4.93. The normalized spacial score (nSPS) is 11.3. The molecule has 0 aliphatic carbocycles. The largest absolute Gasteiger partial charge is 0.444 e. The maximum atomic E-state index is 11.8. The first kappa shape index (κ1) is 16.9. The second-order valence-electron chi connectivity index (χ2n) is 6.33. The molecule has 1 aromatic carbocycles. The van der Waals surface area contributed by atoms with Gasteiger partial charge in [-0.25, -0.2) is 4.79 Å². The van der Waals surface area contributed by atoms with Gasteiger partial charge in [0.2, 0.25) is 5.91 Å². The molecule has 0 atom stereocenters. The zero-order valence-corrected chi connectivity index (χ0v) is 14.0. The van der Waals surface area contributed by atoms with Crippen molar-refractivity contribution in [2.75, 3.05) is 12.4 Å². The molecule has 2 amide bonds. The summed E-state index contributed by atoms with van der Waals surface area (Å²) in [4.78, 5) is 23.2. The summed E-state index contributed by atoms with van der Waals surface area (Å²) < 4.78 is 7.24. The second-order valence-corrected chi connectivity index (χ2v) is 6.33. The number of nitrogens with zero attached hydrogens (tertiary/aromatic N) is 1. The van der Waals surface area contributed by atoms with Crippen molar-refractivity contribution < 1.29 is 14.3 Å². The van der Waals surface area contributed by atoms with Crippen LogP contribution in [0.15, 0.2) is 30.5 Å². The molecule has 1 aromatic heterocycles. The summed E-state index contributed by atoms with van der Waals surface area (Å²) in [6.45, 7) is 6.04. The van der Waals surface area contributed by atoms with E-state index in [1.807, 2.05) is 55.8 Å². The highest BCUT2D eigenvalue weighted by Crippen LogP contribution is 2.21. The van der Waals surface area contributed by atoms with Crippen molar-refractivity contribution in [2.24, 2.45) is 0 Å². The van der Waals surface area contributed by atoms with Crippen LogP contribution in [0.2, 0.25) is 0 Å². The Morgan fingerprint density at radius 3 is 2.61 bits per heavy atom. The number of hydrogen-bond donors (Lipinski definition) is 2. The van der Waals surface area contributed by atoms with Crippen LogP contribution in [-0.2, 0) is 16.1 Å². The molecule has 23 heavy (non-hydrogen) atoms. The fourth-order valence-electron chi connectivity index (χ4n) is 2.23. The molecule has 124 valence electrons. The minimum absolute atomic E-state index is 0.00474. The molecule has 0 spiro atoms. The van der Waals surface area contributed by atoms with Gasteiger partial charge in [0, 0.05) is 31.9 Å². The first-order valence-electron chi connectivity index (χ1n) is 7.58. The van der Waals surface area contributed by atoms with E-state index in [2.05, 4.69) is 10.6 Å². The highest BCUT2D eigenvalue weighted by molar-refractivity contribution is 5.90. The number of carbonyl (C=O) groups is 2. The highest BCUT2D eigenvalue weighted by atomic mass is 16.6. The summed E-state index contributed by atoms with van der Waals surface area (Å²) in [5.74, 6) is -0.00474. The third-order valence-corrected chi connectivity index (χ3v) is 3.28. The minimum atomic E-state index is -0.540. The van der Waals surface area contributed by atoms with E-state index in [1.165, 1.54) is 0 Å². The number of hydrogen-bond acceptors (Lipinski definition) is 3. The zero-order chi connectivity index (χ0) is 17.0. The lowest BCUT2D eigenvalue weighted by atomic mass is 10.2. The van der Waals surface area contributed by atoms with Gasteiger partial charge in [-0.15, -0.1) is 0 Å². The van der Waals surface area contributed by atoms with Gasteiger partial charge in [-0.05, 0) is 44.4 Å². The molecule has 0 saturated carbocycles. The summed E-state index contributed by atoms with van der Waals surface area (Å²) in [5.41, 5.74) is 1.08. The second kappa shape index (κ2) is 6.73. The average Bonchev–Trinajstić information content (AvgIpc) is 2.85. The predicted molar refractivity (Wildman–Crippen MR) is 90.5 cm³/mol. The van der Waals surface area contributed by atoms with E-state index in [4.69, 9.17) is 4.74 Å². The van der Waals surface area contributed by atoms with Crippen molar-refractivity contribution in [1.82, 2.24) is 9.88 Å². The molecule has 2 N–H and O–H groups in total. The molecule has 0 fully saturated rings. The number of ether oxygens (including phenoxy) is 1. The fourth-order valence-corrected chi connectivity index (χ4v) is 2.23. The SMILES string of the molecule is CNC(=O)CCn1ccc2ccc(NC(=O)OC(C)(C)C)cc21. The van der Waals surface area contributed by atoms with E-state index in [0.717, 1.165) is 10.9 Å². The van der Waals surface area contributed by atoms with E-state index in [9.17, 15) is 9.59 Å². The maximum absolute atomic E-state index is 11.8. The summed E-state index contributed by atoms with van der Waals surface area (Å²) in [5, 5.41) is 6.39. The van der Waals surface area contributed by atoms with Gasteiger partial charge >= 0.3 is 6.09 Å². The Morgan fingerprint density at radius 1 is 1.22 bits per heavy atom. The molecular weight excluding hydrogens is 294 g/mol. The lowest BCUT2D eigenvalue weighted by Crippen LogP contribution is -2.27. The van der Waals surface area contributed by atoms with Crippen LogP contribution in [0.5, 0.6) is 0 Å². The lowest BCUT2D eigenvalue weighted by Gasteiger charge is -2.19.